The fourth-order valence-corrected chi connectivity index (χ4v) is 3.06. The summed E-state index contributed by atoms with van der Waals surface area (Å²) in [5.74, 6) is 1.69. The first-order valence-corrected chi connectivity index (χ1v) is 9.10. The topological polar surface area (TPSA) is 39.7 Å². The van der Waals surface area contributed by atoms with Crippen LogP contribution in [0.2, 0.25) is 0 Å². The van der Waals surface area contributed by atoms with Gasteiger partial charge in [-0.15, -0.1) is 0 Å². The Bertz CT molecular complexity index is 458. The fraction of sp³-hybridized carbons (Fsp3) is 0.632. The Hall–Kier alpha value is -1.55. The monoisotopic (exact) mass is 316 g/mol. The average Bonchev–Trinajstić information content (AvgIpc) is 3.05. The summed E-state index contributed by atoms with van der Waals surface area (Å²) in [6.45, 7) is 10.8. The Labute approximate surface area is 141 Å². The summed E-state index contributed by atoms with van der Waals surface area (Å²) in [6, 6.07) is 10.7. The summed E-state index contributed by atoms with van der Waals surface area (Å²) in [7, 11) is 0. The number of nitrogens with zero attached hydrogens (tertiary/aromatic N) is 2. The smallest absolute Gasteiger partial charge is 0.191 e. The summed E-state index contributed by atoms with van der Waals surface area (Å²) in [4.78, 5) is 7.29. The summed E-state index contributed by atoms with van der Waals surface area (Å²) in [6.07, 6.45) is 3.52. The number of aryl methyl sites for hydroxylation is 1. The van der Waals surface area contributed by atoms with Crippen molar-refractivity contribution in [1.29, 1.82) is 0 Å². The SMILES string of the molecule is CCNC(=NCC1CCN(CC)C1)NCCCc1ccccc1. The molecule has 1 aliphatic heterocycles. The van der Waals surface area contributed by atoms with Crippen LogP contribution in [0.5, 0.6) is 0 Å². The van der Waals surface area contributed by atoms with Gasteiger partial charge in [0.05, 0.1) is 0 Å². The molecule has 0 radical (unpaired) electrons. The molecule has 0 aliphatic carbocycles. The summed E-state index contributed by atoms with van der Waals surface area (Å²) in [5.41, 5.74) is 1.40. The minimum Gasteiger partial charge on any atom is -0.357 e. The van der Waals surface area contributed by atoms with E-state index in [2.05, 4.69) is 59.7 Å². The van der Waals surface area contributed by atoms with E-state index in [0.29, 0.717) is 0 Å². The number of benzene rings is 1. The molecule has 128 valence electrons. The van der Waals surface area contributed by atoms with Crippen LogP contribution in [-0.4, -0.2) is 50.1 Å². The maximum atomic E-state index is 4.78. The molecule has 1 aromatic rings. The van der Waals surface area contributed by atoms with Gasteiger partial charge in [0, 0.05) is 26.2 Å². The molecular weight excluding hydrogens is 284 g/mol. The zero-order valence-corrected chi connectivity index (χ0v) is 14.7. The third-order valence-corrected chi connectivity index (χ3v) is 4.45. The largest absolute Gasteiger partial charge is 0.357 e. The third-order valence-electron chi connectivity index (χ3n) is 4.45. The van der Waals surface area contributed by atoms with Crippen molar-refractivity contribution in [2.75, 3.05) is 39.3 Å². The van der Waals surface area contributed by atoms with E-state index in [1.165, 1.54) is 25.1 Å². The van der Waals surface area contributed by atoms with Gasteiger partial charge in [-0.3, -0.25) is 4.99 Å². The Morgan fingerprint density at radius 2 is 2.04 bits per heavy atom. The molecule has 0 bridgehead atoms. The molecule has 1 fully saturated rings. The first kappa shape index (κ1) is 17.8. The van der Waals surface area contributed by atoms with Gasteiger partial charge in [0.25, 0.3) is 0 Å². The van der Waals surface area contributed by atoms with Crippen molar-refractivity contribution in [3.8, 4) is 0 Å². The molecule has 2 N–H and O–H groups in total. The Morgan fingerprint density at radius 1 is 1.22 bits per heavy atom. The van der Waals surface area contributed by atoms with Crippen molar-refractivity contribution in [3.05, 3.63) is 35.9 Å². The molecular formula is C19H32N4. The van der Waals surface area contributed by atoms with Gasteiger partial charge in [-0.2, -0.15) is 0 Å². The first-order valence-electron chi connectivity index (χ1n) is 9.10. The fourth-order valence-electron chi connectivity index (χ4n) is 3.06. The number of likely N-dealkylation sites (tertiary alicyclic amines) is 1. The second-order valence-electron chi connectivity index (χ2n) is 6.28. The molecule has 23 heavy (non-hydrogen) atoms. The highest BCUT2D eigenvalue weighted by atomic mass is 15.2. The van der Waals surface area contributed by atoms with E-state index >= 15 is 0 Å². The minimum atomic E-state index is 0.717. The minimum absolute atomic E-state index is 0.717. The molecule has 0 aromatic heterocycles. The average molecular weight is 316 g/mol. The van der Waals surface area contributed by atoms with Crippen LogP contribution in [0.3, 0.4) is 0 Å². The predicted octanol–water partition coefficient (Wildman–Crippen LogP) is 2.52. The van der Waals surface area contributed by atoms with Crippen LogP contribution >= 0.6 is 0 Å². The van der Waals surface area contributed by atoms with Crippen LogP contribution in [0.15, 0.2) is 35.3 Å². The van der Waals surface area contributed by atoms with E-state index in [9.17, 15) is 0 Å². The summed E-state index contributed by atoms with van der Waals surface area (Å²) in [5, 5.41) is 6.82. The maximum absolute atomic E-state index is 4.78. The van der Waals surface area contributed by atoms with Crippen molar-refractivity contribution >= 4 is 5.96 Å². The van der Waals surface area contributed by atoms with Crippen molar-refractivity contribution in [2.45, 2.75) is 33.1 Å². The van der Waals surface area contributed by atoms with Crippen LogP contribution in [0.4, 0.5) is 0 Å². The van der Waals surface area contributed by atoms with E-state index in [1.54, 1.807) is 0 Å². The van der Waals surface area contributed by atoms with Crippen molar-refractivity contribution in [2.24, 2.45) is 10.9 Å². The van der Waals surface area contributed by atoms with Gasteiger partial charge in [-0.25, -0.2) is 0 Å². The Kier molecular flexibility index (Phi) is 7.95. The molecule has 1 aliphatic rings. The highest BCUT2D eigenvalue weighted by molar-refractivity contribution is 5.79. The van der Waals surface area contributed by atoms with Crippen molar-refractivity contribution in [1.82, 2.24) is 15.5 Å². The van der Waals surface area contributed by atoms with Crippen LogP contribution in [0, 0.1) is 5.92 Å². The number of hydrogen-bond acceptors (Lipinski definition) is 2. The third kappa shape index (κ3) is 6.61. The summed E-state index contributed by atoms with van der Waals surface area (Å²) >= 11 is 0. The molecule has 1 aromatic carbocycles. The lowest BCUT2D eigenvalue weighted by atomic mass is 10.1. The highest BCUT2D eigenvalue weighted by Gasteiger charge is 2.20. The lowest BCUT2D eigenvalue weighted by Crippen LogP contribution is -2.38. The van der Waals surface area contributed by atoms with E-state index < -0.39 is 0 Å². The maximum Gasteiger partial charge on any atom is 0.191 e. The zero-order valence-electron chi connectivity index (χ0n) is 14.7. The van der Waals surface area contributed by atoms with Crippen LogP contribution in [0.25, 0.3) is 0 Å². The molecule has 1 heterocycles. The molecule has 0 amide bonds. The second kappa shape index (κ2) is 10.3. The van der Waals surface area contributed by atoms with Crippen LogP contribution < -0.4 is 10.6 Å². The lowest BCUT2D eigenvalue weighted by molar-refractivity contribution is 0.343. The van der Waals surface area contributed by atoms with E-state index in [0.717, 1.165) is 50.9 Å². The molecule has 4 nitrogen and oxygen atoms in total. The van der Waals surface area contributed by atoms with Gasteiger partial charge in [0.1, 0.15) is 0 Å². The standard InChI is InChI=1S/C19H32N4/c1-3-20-19(22-15-18-12-14-23(4-2)16-18)21-13-8-11-17-9-6-5-7-10-17/h5-7,9-10,18H,3-4,8,11-16H2,1-2H3,(H2,20,21,22). The zero-order chi connectivity index (χ0) is 16.3. The number of hydrogen-bond donors (Lipinski definition) is 2. The molecule has 2 rings (SSSR count). The molecule has 1 atom stereocenters. The highest BCUT2D eigenvalue weighted by Crippen LogP contribution is 2.15. The van der Waals surface area contributed by atoms with Crippen LogP contribution in [0.1, 0.15) is 32.3 Å². The first-order chi connectivity index (χ1) is 11.3. The number of rotatable bonds is 8. The molecule has 1 saturated heterocycles. The van der Waals surface area contributed by atoms with Crippen molar-refractivity contribution < 1.29 is 0 Å². The van der Waals surface area contributed by atoms with E-state index in [1.807, 2.05) is 0 Å². The van der Waals surface area contributed by atoms with Crippen molar-refractivity contribution in [3.63, 3.8) is 0 Å². The Balaban J connectivity index is 1.69. The van der Waals surface area contributed by atoms with Crippen LogP contribution in [-0.2, 0) is 6.42 Å². The van der Waals surface area contributed by atoms with Gasteiger partial charge >= 0.3 is 0 Å². The Morgan fingerprint density at radius 3 is 2.74 bits per heavy atom. The van der Waals surface area contributed by atoms with Gasteiger partial charge in [0.15, 0.2) is 5.96 Å². The lowest BCUT2D eigenvalue weighted by Gasteiger charge is -2.14. The molecule has 0 saturated carbocycles. The normalized spacial score (nSPS) is 19.0. The van der Waals surface area contributed by atoms with Gasteiger partial charge in [0.2, 0.25) is 0 Å². The van der Waals surface area contributed by atoms with Gasteiger partial charge < -0.3 is 15.5 Å². The molecule has 0 spiro atoms. The summed E-state index contributed by atoms with van der Waals surface area (Å²) < 4.78 is 0. The second-order valence-corrected chi connectivity index (χ2v) is 6.28. The van der Waals surface area contributed by atoms with E-state index in [4.69, 9.17) is 4.99 Å². The van der Waals surface area contributed by atoms with E-state index in [-0.39, 0.29) is 0 Å². The van der Waals surface area contributed by atoms with Gasteiger partial charge in [-0.05, 0) is 50.8 Å². The predicted molar refractivity (Wildman–Crippen MR) is 99.0 cm³/mol. The number of guanidine groups is 1. The number of aliphatic imine (C=N–C) groups is 1. The molecule has 1 unspecified atom stereocenters. The van der Waals surface area contributed by atoms with Gasteiger partial charge in [-0.1, -0.05) is 37.3 Å². The molecule has 4 heteroatoms. The number of nitrogens with one attached hydrogen (secondary N) is 2. The quantitative estimate of drug-likeness (QED) is 0.440.